The van der Waals surface area contributed by atoms with Gasteiger partial charge in [0.25, 0.3) is 5.91 Å². The van der Waals surface area contributed by atoms with E-state index in [1.807, 2.05) is 18.2 Å². The molecule has 232 valence electrons. The molecule has 0 saturated heterocycles. The molecule has 1 aliphatic rings. The van der Waals surface area contributed by atoms with Crippen molar-refractivity contribution >= 4 is 32.9 Å². The molecule has 9 nitrogen and oxygen atoms in total. The summed E-state index contributed by atoms with van der Waals surface area (Å²) in [7, 11) is -2.16. The van der Waals surface area contributed by atoms with Crippen molar-refractivity contribution in [2.24, 2.45) is 0 Å². The summed E-state index contributed by atoms with van der Waals surface area (Å²) in [6.07, 6.45) is 4.33. The van der Waals surface area contributed by atoms with Gasteiger partial charge in [0.1, 0.15) is 17.2 Å². The number of aromatic carboxylic acids is 1. The van der Waals surface area contributed by atoms with Crippen LogP contribution in [-0.2, 0) is 26.9 Å². The Labute approximate surface area is 255 Å². The van der Waals surface area contributed by atoms with Crippen LogP contribution in [0.3, 0.4) is 0 Å². The lowest BCUT2D eigenvalue weighted by atomic mass is 9.98. The minimum atomic E-state index is -3.69. The zero-order valence-electron chi connectivity index (χ0n) is 24.4. The highest BCUT2D eigenvalue weighted by molar-refractivity contribution is 7.88. The van der Waals surface area contributed by atoms with E-state index in [-0.39, 0.29) is 36.3 Å². The van der Waals surface area contributed by atoms with Crippen molar-refractivity contribution in [3.05, 3.63) is 94.3 Å². The highest BCUT2D eigenvalue weighted by Crippen LogP contribution is 2.45. The summed E-state index contributed by atoms with van der Waals surface area (Å²) in [6, 6.07) is 16.0. The average molecular weight is 623 g/mol. The van der Waals surface area contributed by atoms with Gasteiger partial charge >= 0.3 is 5.97 Å². The summed E-state index contributed by atoms with van der Waals surface area (Å²) in [5.41, 5.74) is 4.07. The molecular weight excluding hydrogens is 587 g/mol. The molecule has 0 atom stereocenters. The summed E-state index contributed by atoms with van der Waals surface area (Å²) in [6.45, 7) is 0.853. The van der Waals surface area contributed by atoms with Gasteiger partial charge in [-0.25, -0.2) is 22.3 Å². The Bertz CT molecular complexity index is 1750. The monoisotopic (exact) mass is 622 g/mol. The molecule has 1 saturated carbocycles. The van der Waals surface area contributed by atoms with E-state index in [1.165, 1.54) is 19.2 Å². The maximum absolute atomic E-state index is 13.6. The number of fused-ring (bicyclic) bond motifs is 1. The molecule has 0 bridgehead atoms. The number of rotatable bonds is 15. The number of amides is 1. The Morgan fingerprint density at radius 3 is 2.41 bits per heavy atom. The van der Waals surface area contributed by atoms with Gasteiger partial charge in [0, 0.05) is 31.1 Å². The van der Waals surface area contributed by atoms with E-state index in [9.17, 15) is 22.4 Å². The first kappa shape index (κ1) is 31.4. The maximum Gasteiger partial charge on any atom is 0.335 e. The lowest BCUT2D eigenvalue weighted by Gasteiger charge is -2.12. The second-order valence-corrected chi connectivity index (χ2v) is 12.7. The van der Waals surface area contributed by atoms with Crippen LogP contribution in [0.5, 0.6) is 0 Å². The molecule has 3 aromatic carbocycles. The summed E-state index contributed by atoms with van der Waals surface area (Å²) >= 11 is 0. The van der Waals surface area contributed by atoms with Crippen molar-refractivity contribution in [2.45, 2.75) is 43.8 Å². The van der Waals surface area contributed by atoms with E-state index < -0.39 is 21.8 Å². The number of carbonyl (C=O) groups is 2. The number of furan rings is 1. The lowest BCUT2D eigenvalue weighted by Crippen LogP contribution is -2.29. The second kappa shape index (κ2) is 13.7. The van der Waals surface area contributed by atoms with E-state index >= 15 is 0 Å². The topological polar surface area (TPSA) is 135 Å². The number of benzene rings is 3. The molecule has 5 rings (SSSR count). The highest BCUT2D eigenvalue weighted by atomic mass is 32.2. The molecule has 0 unspecified atom stereocenters. The molecule has 1 aromatic heterocycles. The van der Waals surface area contributed by atoms with Gasteiger partial charge in [-0.15, -0.1) is 0 Å². The molecule has 1 amide bonds. The van der Waals surface area contributed by atoms with Crippen LogP contribution in [-0.4, -0.2) is 52.2 Å². The first-order valence-electron chi connectivity index (χ1n) is 14.6. The fourth-order valence-electron chi connectivity index (χ4n) is 5.23. The quantitative estimate of drug-likeness (QED) is 0.146. The van der Waals surface area contributed by atoms with E-state index in [2.05, 4.69) is 10.0 Å². The normalized spacial score (nSPS) is 13.3. The number of halogens is 1. The van der Waals surface area contributed by atoms with Gasteiger partial charge < -0.3 is 19.6 Å². The van der Waals surface area contributed by atoms with Crippen LogP contribution >= 0.6 is 0 Å². The molecule has 1 heterocycles. The zero-order chi connectivity index (χ0) is 31.3. The smallest absolute Gasteiger partial charge is 0.335 e. The van der Waals surface area contributed by atoms with E-state index in [1.54, 1.807) is 30.3 Å². The number of carboxylic acids is 1. The molecule has 3 N–H and O–H groups in total. The maximum atomic E-state index is 13.6. The largest absolute Gasteiger partial charge is 0.478 e. The molecule has 1 aliphatic carbocycles. The van der Waals surface area contributed by atoms with E-state index in [4.69, 9.17) is 14.3 Å². The van der Waals surface area contributed by atoms with Crippen LogP contribution < -0.4 is 10.0 Å². The number of carbonyl (C=O) groups excluding carboxylic acids is 1. The van der Waals surface area contributed by atoms with Gasteiger partial charge in [-0.1, -0.05) is 12.1 Å². The first-order chi connectivity index (χ1) is 21.1. The van der Waals surface area contributed by atoms with Crippen LogP contribution in [0, 0.1) is 5.82 Å². The van der Waals surface area contributed by atoms with Gasteiger partial charge in [0.15, 0.2) is 0 Å². The molecular formula is C33H35FN2O7S. The van der Waals surface area contributed by atoms with Gasteiger partial charge in [-0.05, 0) is 103 Å². The Morgan fingerprint density at radius 1 is 1.02 bits per heavy atom. The lowest BCUT2D eigenvalue weighted by molar-refractivity contribution is 0.0696. The number of hydrogen-bond donors (Lipinski definition) is 3. The highest BCUT2D eigenvalue weighted by Gasteiger charge is 2.31. The Balaban J connectivity index is 1.19. The van der Waals surface area contributed by atoms with Crippen molar-refractivity contribution in [2.75, 3.05) is 26.8 Å². The molecule has 1 fully saturated rings. The third-order valence-corrected chi connectivity index (χ3v) is 8.98. The standard InChI is InChI=1S/C33H35FN2O7S/c1-35-32(37)30-28-19-27(22-9-10-22)25(18-29(28)43-31(30)23-11-13-26(34)14-12-23)20-44(40,41)36-15-17-42-16-3-2-4-21-5-7-24(8-6-21)33(38)39/h5-8,11-14,18-19,22,36H,2-4,9-10,15-17,20H2,1H3,(H,35,37)(H,38,39). The number of ether oxygens (including phenoxy) is 1. The van der Waals surface area contributed by atoms with Crippen molar-refractivity contribution in [1.29, 1.82) is 0 Å². The van der Waals surface area contributed by atoms with Crippen molar-refractivity contribution in [1.82, 2.24) is 10.0 Å². The summed E-state index contributed by atoms with van der Waals surface area (Å²) in [5.74, 6) is -1.43. The zero-order valence-corrected chi connectivity index (χ0v) is 25.2. The second-order valence-electron chi connectivity index (χ2n) is 10.9. The minimum absolute atomic E-state index is 0.135. The van der Waals surface area contributed by atoms with Crippen LogP contribution in [0.2, 0.25) is 0 Å². The summed E-state index contributed by atoms with van der Waals surface area (Å²) < 4.78 is 54.0. The number of sulfonamides is 1. The number of aryl methyl sites for hydroxylation is 1. The molecule has 0 aliphatic heterocycles. The number of hydrogen-bond acceptors (Lipinski definition) is 6. The van der Waals surface area contributed by atoms with Crippen molar-refractivity contribution < 1.29 is 36.7 Å². The molecule has 4 aromatic rings. The summed E-state index contributed by atoms with van der Waals surface area (Å²) in [5, 5.41) is 12.2. The Hall–Kier alpha value is -4.06. The molecule has 0 spiro atoms. The van der Waals surface area contributed by atoms with Crippen molar-refractivity contribution in [3.63, 3.8) is 0 Å². The van der Waals surface area contributed by atoms with E-state index in [0.29, 0.717) is 40.0 Å². The van der Waals surface area contributed by atoms with Gasteiger partial charge in [0.2, 0.25) is 10.0 Å². The van der Waals surface area contributed by atoms with Gasteiger partial charge in [-0.2, -0.15) is 0 Å². The SMILES string of the molecule is CNC(=O)c1c(-c2ccc(F)cc2)oc2cc(CS(=O)(=O)NCCOCCCCc3ccc(C(=O)O)cc3)c(C3CC3)cc12. The fraction of sp³-hybridized carbons (Fsp3) is 0.333. The summed E-state index contributed by atoms with van der Waals surface area (Å²) in [4.78, 5) is 23.9. The molecule has 11 heteroatoms. The first-order valence-corrected chi connectivity index (χ1v) is 16.2. The van der Waals surface area contributed by atoms with Gasteiger partial charge in [0.05, 0.1) is 23.5 Å². The van der Waals surface area contributed by atoms with Gasteiger partial charge in [-0.3, -0.25) is 4.79 Å². The third-order valence-electron chi connectivity index (χ3n) is 7.65. The predicted molar refractivity (Wildman–Crippen MR) is 165 cm³/mol. The number of unbranched alkanes of at least 4 members (excludes halogenated alkanes) is 1. The van der Waals surface area contributed by atoms with Crippen LogP contribution in [0.1, 0.15) is 69.0 Å². The van der Waals surface area contributed by atoms with Crippen LogP contribution in [0.15, 0.2) is 65.1 Å². The van der Waals surface area contributed by atoms with Crippen molar-refractivity contribution in [3.8, 4) is 11.3 Å². The Morgan fingerprint density at radius 2 is 1.75 bits per heavy atom. The third kappa shape index (κ3) is 7.71. The number of nitrogens with one attached hydrogen (secondary N) is 2. The molecule has 0 radical (unpaired) electrons. The average Bonchev–Trinajstić information content (AvgIpc) is 3.78. The van der Waals surface area contributed by atoms with Crippen LogP contribution in [0.25, 0.3) is 22.3 Å². The minimum Gasteiger partial charge on any atom is -0.478 e. The van der Waals surface area contributed by atoms with E-state index in [0.717, 1.165) is 43.2 Å². The predicted octanol–water partition coefficient (Wildman–Crippen LogP) is 5.63. The molecule has 44 heavy (non-hydrogen) atoms. The number of carboxylic acid groups (broad SMARTS) is 1. The fourth-order valence-corrected chi connectivity index (χ4v) is 6.39. The Kier molecular flexibility index (Phi) is 9.77. The van der Waals surface area contributed by atoms with Crippen LogP contribution in [0.4, 0.5) is 4.39 Å².